The Balaban J connectivity index is 0.000000386. The topological polar surface area (TPSA) is 66.8 Å². The van der Waals surface area contributed by atoms with E-state index in [1.165, 1.54) is 12.1 Å². The van der Waals surface area contributed by atoms with Gasteiger partial charge in [-0.1, -0.05) is 0 Å². The Morgan fingerprint density at radius 1 is 1.56 bits per heavy atom. The van der Waals surface area contributed by atoms with Crippen LogP contribution in [0.4, 0.5) is 4.39 Å². The van der Waals surface area contributed by atoms with Crippen LogP contribution in [-0.2, 0) is 11.2 Å². The monoisotopic (exact) mass is 228 g/mol. The van der Waals surface area contributed by atoms with Crippen LogP contribution in [0.2, 0.25) is 0 Å². The van der Waals surface area contributed by atoms with Crippen LogP contribution in [-0.4, -0.2) is 29.4 Å². The van der Waals surface area contributed by atoms with Gasteiger partial charge in [0.2, 0.25) is 0 Å². The molecule has 1 heterocycles. The molecule has 0 fully saturated rings. The first-order valence-electron chi connectivity index (χ1n) is 4.85. The zero-order valence-corrected chi connectivity index (χ0v) is 8.60. The molecule has 0 radical (unpaired) electrons. The number of aryl methyl sites for hydroxylation is 1. The van der Waals surface area contributed by atoms with Crippen molar-refractivity contribution in [2.45, 2.75) is 18.9 Å². The van der Waals surface area contributed by atoms with E-state index >= 15 is 0 Å². The number of aliphatic hydroxyl groups excluding tert-OH is 1. The van der Waals surface area contributed by atoms with E-state index in [0.717, 1.165) is 18.4 Å². The van der Waals surface area contributed by atoms with Crippen LogP contribution in [0.5, 0.6) is 5.75 Å². The summed E-state index contributed by atoms with van der Waals surface area (Å²) in [4.78, 5) is 8.36. The molecule has 16 heavy (non-hydrogen) atoms. The molecule has 4 nitrogen and oxygen atoms in total. The molecule has 0 bridgehead atoms. The average molecular weight is 228 g/mol. The number of carbonyl (C=O) groups is 1. The van der Waals surface area contributed by atoms with Crippen molar-refractivity contribution in [3.8, 4) is 5.75 Å². The van der Waals surface area contributed by atoms with Crippen molar-refractivity contribution in [2.24, 2.45) is 0 Å². The molecule has 0 aliphatic carbocycles. The molecule has 5 heteroatoms. The molecular formula is C11H13FO4. The normalized spacial score (nSPS) is 17.5. The van der Waals surface area contributed by atoms with Gasteiger partial charge in [-0.15, -0.1) is 0 Å². The molecule has 1 aliphatic rings. The van der Waals surface area contributed by atoms with Crippen molar-refractivity contribution in [1.29, 1.82) is 0 Å². The van der Waals surface area contributed by atoms with Crippen LogP contribution in [0.15, 0.2) is 18.2 Å². The summed E-state index contributed by atoms with van der Waals surface area (Å²) in [5, 5.41) is 15.8. The molecule has 88 valence electrons. The lowest BCUT2D eigenvalue weighted by atomic mass is 10.0. The molecule has 1 atom stereocenters. The predicted octanol–water partition coefficient (Wildman–Crippen LogP) is 1.21. The number of fused-ring (bicyclic) bond motifs is 1. The second kappa shape index (κ2) is 6.07. The zero-order chi connectivity index (χ0) is 12.0. The van der Waals surface area contributed by atoms with Crippen LogP contribution in [0.25, 0.3) is 0 Å². The average Bonchev–Trinajstić information content (AvgIpc) is 2.29. The van der Waals surface area contributed by atoms with Crippen molar-refractivity contribution in [2.75, 3.05) is 6.61 Å². The van der Waals surface area contributed by atoms with Crippen LogP contribution >= 0.6 is 0 Å². The largest absolute Gasteiger partial charge is 0.488 e. The number of carboxylic acid groups (broad SMARTS) is 1. The van der Waals surface area contributed by atoms with Crippen LogP contribution < -0.4 is 4.74 Å². The number of rotatable bonds is 1. The molecule has 0 saturated carbocycles. The molecule has 0 aromatic heterocycles. The maximum atomic E-state index is 12.8. The van der Waals surface area contributed by atoms with Crippen molar-refractivity contribution >= 4 is 6.47 Å². The number of benzene rings is 1. The molecule has 0 saturated heterocycles. The summed E-state index contributed by atoms with van der Waals surface area (Å²) >= 11 is 0. The van der Waals surface area contributed by atoms with Gasteiger partial charge >= 0.3 is 0 Å². The number of halogens is 1. The molecule has 1 aromatic carbocycles. The van der Waals surface area contributed by atoms with E-state index in [1.54, 1.807) is 6.07 Å². The maximum Gasteiger partial charge on any atom is 0.290 e. The number of hydrogen-bond donors (Lipinski definition) is 2. The Hall–Kier alpha value is -1.62. The minimum Gasteiger partial charge on any atom is -0.488 e. The third-order valence-corrected chi connectivity index (χ3v) is 2.26. The highest BCUT2D eigenvalue weighted by Gasteiger charge is 2.18. The lowest BCUT2D eigenvalue weighted by Crippen LogP contribution is -2.26. The Bertz CT molecular complexity index is 354. The van der Waals surface area contributed by atoms with E-state index in [9.17, 15) is 4.39 Å². The quantitative estimate of drug-likeness (QED) is 0.709. The van der Waals surface area contributed by atoms with E-state index in [1.807, 2.05) is 0 Å². The van der Waals surface area contributed by atoms with Crippen LogP contribution in [0, 0.1) is 5.82 Å². The molecular weight excluding hydrogens is 215 g/mol. The fraction of sp³-hybridized carbons (Fsp3) is 0.364. The smallest absolute Gasteiger partial charge is 0.290 e. The molecule has 1 aromatic rings. The Labute approximate surface area is 92.3 Å². The third-order valence-electron chi connectivity index (χ3n) is 2.26. The molecule has 0 spiro atoms. The highest BCUT2D eigenvalue weighted by molar-refractivity contribution is 5.35. The minimum absolute atomic E-state index is 0.0246. The van der Waals surface area contributed by atoms with Crippen molar-refractivity contribution in [3.05, 3.63) is 29.6 Å². The Morgan fingerprint density at radius 2 is 2.25 bits per heavy atom. The van der Waals surface area contributed by atoms with Gasteiger partial charge in [0.15, 0.2) is 0 Å². The maximum absolute atomic E-state index is 12.8. The van der Waals surface area contributed by atoms with Crippen molar-refractivity contribution in [3.63, 3.8) is 0 Å². The number of aliphatic hydroxyl groups is 1. The number of hydrogen-bond acceptors (Lipinski definition) is 3. The van der Waals surface area contributed by atoms with Gasteiger partial charge in [-0.3, -0.25) is 4.79 Å². The fourth-order valence-corrected chi connectivity index (χ4v) is 1.54. The van der Waals surface area contributed by atoms with Crippen LogP contribution in [0.3, 0.4) is 0 Å². The third kappa shape index (κ3) is 3.20. The van der Waals surface area contributed by atoms with E-state index in [-0.39, 0.29) is 25.0 Å². The Morgan fingerprint density at radius 3 is 2.88 bits per heavy atom. The van der Waals surface area contributed by atoms with E-state index in [4.69, 9.17) is 19.7 Å². The van der Waals surface area contributed by atoms with Gasteiger partial charge in [-0.25, -0.2) is 4.39 Å². The SMILES string of the molecule is O=CO.OCC1CCc2cc(F)ccc2O1. The molecule has 0 amide bonds. The van der Waals surface area contributed by atoms with Gasteiger partial charge in [0.1, 0.15) is 17.7 Å². The predicted molar refractivity (Wildman–Crippen MR) is 54.9 cm³/mol. The summed E-state index contributed by atoms with van der Waals surface area (Å²) in [6.07, 6.45) is 1.41. The second-order valence-corrected chi connectivity index (χ2v) is 3.32. The lowest BCUT2D eigenvalue weighted by molar-refractivity contribution is -0.122. The summed E-state index contributed by atoms with van der Waals surface area (Å²) < 4.78 is 18.2. The fourth-order valence-electron chi connectivity index (χ4n) is 1.54. The summed E-state index contributed by atoms with van der Waals surface area (Å²) in [6.45, 7) is -0.225. The summed E-state index contributed by atoms with van der Waals surface area (Å²) in [6, 6.07) is 4.48. The van der Waals surface area contributed by atoms with Gasteiger partial charge in [0.05, 0.1) is 6.61 Å². The first-order valence-corrected chi connectivity index (χ1v) is 4.85. The van der Waals surface area contributed by atoms with Gasteiger partial charge in [-0.05, 0) is 36.6 Å². The minimum atomic E-state index is -0.250. The standard InChI is InChI=1S/C10H11FO2.CH2O2/c11-8-2-4-10-7(5-8)1-3-9(6-12)13-10;2-1-3/h2,4-5,9,12H,1,3,6H2;1H,(H,2,3). The second-order valence-electron chi connectivity index (χ2n) is 3.32. The summed E-state index contributed by atoms with van der Waals surface area (Å²) in [5.74, 6) is 0.469. The summed E-state index contributed by atoms with van der Waals surface area (Å²) in [5.41, 5.74) is 0.893. The van der Waals surface area contributed by atoms with E-state index in [0.29, 0.717) is 5.75 Å². The number of ether oxygens (including phenoxy) is 1. The summed E-state index contributed by atoms with van der Waals surface area (Å²) in [7, 11) is 0. The van der Waals surface area contributed by atoms with Crippen molar-refractivity contribution in [1.82, 2.24) is 0 Å². The van der Waals surface area contributed by atoms with Crippen molar-refractivity contribution < 1.29 is 24.1 Å². The first-order chi connectivity index (χ1) is 7.71. The zero-order valence-electron chi connectivity index (χ0n) is 8.60. The first kappa shape index (κ1) is 12.4. The Kier molecular flexibility index (Phi) is 4.72. The molecule has 1 unspecified atom stereocenters. The van der Waals surface area contributed by atoms with E-state index in [2.05, 4.69) is 0 Å². The van der Waals surface area contributed by atoms with E-state index < -0.39 is 0 Å². The van der Waals surface area contributed by atoms with Gasteiger partial charge in [0, 0.05) is 0 Å². The highest BCUT2D eigenvalue weighted by atomic mass is 19.1. The van der Waals surface area contributed by atoms with Gasteiger partial charge < -0.3 is 14.9 Å². The van der Waals surface area contributed by atoms with Gasteiger partial charge in [0.25, 0.3) is 6.47 Å². The van der Waals surface area contributed by atoms with Crippen LogP contribution in [0.1, 0.15) is 12.0 Å². The molecule has 2 N–H and O–H groups in total. The molecule has 2 rings (SSSR count). The van der Waals surface area contributed by atoms with Gasteiger partial charge in [-0.2, -0.15) is 0 Å². The molecule has 1 aliphatic heterocycles. The highest BCUT2D eigenvalue weighted by Crippen LogP contribution is 2.27. The lowest BCUT2D eigenvalue weighted by Gasteiger charge is -2.24.